The van der Waals surface area contributed by atoms with Crippen LogP contribution in [-0.4, -0.2) is 29.0 Å². The lowest BCUT2D eigenvalue weighted by molar-refractivity contribution is 0.328. The van der Waals surface area contributed by atoms with Gasteiger partial charge in [0.25, 0.3) is 0 Å². The van der Waals surface area contributed by atoms with Gasteiger partial charge in [-0.3, -0.25) is 4.90 Å². The van der Waals surface area contributed by atoms with E-state index in [-0.39, 0.29) is 11.9 Å². The van der Waals surface area contributed by atoms with Crippen molar-refractivity contribution in [2.45, 2.75) is 23.9 Å². The lowest BCUT2D eigenvalue weighted by Crippen LogP contribution is -2.26. The molecule has 0 aliphatic carbocycles. The zero-order chi connectivity index (χ0) is 19.3. The molecule has 4 nitrogen and oxygen atoms in total. The summed E-state index contributed by atoms with van der Waals surface area (Å²) >= 11 is 9.06. The molecule has 0 spiro atoms. The van der Waals surface area contributed by atoms with E-state index in [4.69, 9.17) is 11.6 Å². The Bertz CT molecular complexity index is 908. The summed E-state index contributed by atoms with van der Waals surface area (Å²) in [6.07, 6.45) is 1.01. The molecule has 2 aromatic carbocycles. The van der Waals surface area contributed by atoms with Gasteiger partial charge < -0.3 is 10.0 Å². The number of benzene rings is 2. The maximum atomic E-state index is 14.5. The van der Waals surface area contributed by atoms with E-state index in [0.717, 1.165) is 26.1 Å². The molecule has 28 heavy (non-hydrogen) atoms. The zero-order valence-corrected chi connectivity index (χ0v) is 17.5. The Morgan fingerprint density at radius 2 is 2.14 bits per heavy atom. The first-order chi connectivity index (χ1) is 13.7. The lowest BCUT2D eigenvalue weighted by atomic mass is 10.2. The average Bonchev–Trinajstić information content (AvgIpc) is 3.36. The Labute approximate surface area is 177 Å². The molecule has 8 heteroatoms. The van der Waals surface area contributed by atoms with Crippen molar-refractivity contribution < 1.29 is 4.39 Å². The quantitative estimate of drug-likeness (QED) is 0.464. The van der Waals surface area contributed by atoms with E-state index >= 15 is 0 Å². The summed E-state index contributed by atoms with van der Waals surface area (Å²) in [6.45, 7) is 2.85. The standard InChI is InChI=1S/C20H20ClFN4S2/c21-16-8-19(28-25-20-12-27-13-23-20)17(22)9-18(16)24-15-6-7-26(11-15)10-14-4-2-1-3-5-14/h1-5,8-9,12-13,15,24-25H,6-7,10-11H2. The van der Waals surface area contributed by atoms with Gasteiger partial charge in [-0.15, -0.1) is 11.3 Å². The molecule has 1 unspecified atom stereocenters. The van der Waals surface area contributed by atoms with Crippen LogP contribution < -0.4 is 10.0 Å². The number of halogens is 2. The van der Waals surface area contributed by atoms with Crippen molar-refractivity contribution in [3.8, 4) is 0 Å². The molecule has 3 aromatic rings. The van der Waals surface area contributed by atoms with E-state index in [2.05, 4.69) is 44.2 Å². The smallest absolute Gasteiger partial charge is 0.147 e. The third-order valence-corrected chi connectivity index (χ3v) is 6.34. The number of hydrogen-bond donors (Lipinski definition) is 2. The fourth-order valence-corrected chi connectivity index (χ4v) is 4.74. The molecule has 1 aliphatic rings. The van der Waals surface area contributed by atoms with Gasteiger partial charge in [-0.25, -0.2) is 9.37 Å². The number of thiazole rings is 1. The van der Waals surface area contributed by atoms with Crippen LogP contribution in [-0.2, 0) is 6.54 Å². The topological polar surface area (TPSA) is 40.2 Å². The van der Waals surface area contributed by atoms with Gasteiger partial charge in [0.1, 0.15) is 11.6 Å². The molecule has 0 saturated carbocycles. The van der Waals surface area contributed by atoms with Crippen LogP contribution >= 0.6 is 34.9 Å². The Morgan fingerprint density at radius 1 is 1.29 bits per heavy atom. The van der Waals surface area contributed by atoms with Crippen LogP contribution in [0.3, 0.4) is 0 Å². The molecule has 1 aliphatic heterocycles. The molecule has 1 fully saturated rings. The molecule has 0 bridgehead atoms. The SMILES string of the molecule is Fc1cc(NC2CCN(Cc3ccccc3)C2)c(Cl)cc1SNc1cscn1. The minimum absolute atomic E-state index is 0.257. The van der Waals surface area contributed by atoms with Crippen molar-refractivity contribution in [3.05, 3.63) is 69.8 Å². The van der Waals surface area contributed by atoms with Gasteiger partial charge in [-0.05, 0) is 36.1 Å². The van der Waals surface area contributed by atoms with E-state index < -0.39 is 0 Å². The third-order valence-electron chi connectivity index (χ3n) is 4.60. The van der Waals surface area contributed by atoms with Crippen LogP contribution in [0.15, 0.2) is 58.3 Å². The van der Waals surface area contributed by atoms with Crippen LogP contribution in [0.25, 0.3) is 0 Å². The van der Waals surface area contributed by atoms with Crippen LogP contribution in [0, 0.1) is 5.82 Å². The summed E-state index contributed by atoms with van der Waals surface area (Å²) in [7, 11) is 0. The number of nitrogens with zero attached hydrogens (tertiary/aromatic N) is 2. The van der Waals surface area contributed by atoms with E-state index in [1.807, 2.05) is 11.4 Å². The highest BCUT2D eigenvalue weighted by atomic mass is 35.5. The molecule has 0 radical (unpaired) electrons. The van der Waals surface area contributed by atoms with E-state index in [0.29, 0.717) is 21.4 Å². The Balaban J connectivity index is 1.35. The number of likely N-dealkylation sites (tertiary alicyclic amines) is 1. The van der Waals surface area contributed by atoms with Crippen molar-refractivity contribution in [3.63, 3.8) is 0 Å². The van der Waals surface area contributed by atoms with E-state index in [1.165, 1.54) is 34.9 Å². The molecule has 1 atom stereocenters. The molecule has 1 aromatic heterocycles. The van der Waals surface area contributed by atoms with Crippen molar-refractivity contribution >= 4 is 46.4 Å². The minimum Gasteiger partial charge on any atom is -0.380 e. The van der Waals surface area contributed by atoms with Gasteiger partial charge in [0.15, 0.2) is 0 Å². The van der Waals surface area contributed by atoms with Crippen molar-refractivity contribution in [2.75, 3.05) is 23.1 Å². The number of hydrogen-bond acceptors (Lipinski definition) is 6. The normalized spacial score (nSPS) is 17.0. The van der Waals surface area contributed by atoms with Crippen LogP contribution in [0.2, 0.25) is 5.02 Å². The van der Waals surface area contributed by atoms with Crippen molar-refractivity contribution in [2.24, 2.45) is 0 Å². The first kappa shape index (κ1) is 19.5. The van der Waals surface area contributed by atoms with Gasteiger partial charge in [-0.2, -0.15) is 0 Å². The first-order valence-electron chi connectivity index (χ1n) is 9.00. The van der Waals surface area contributed by atoms with Crippen LogP contribution in [0.5, 0.6) is 0 Å². The summed E-state index contributed by atoms with van der Waals surface area (Å²) in [4.78, 5) is 6.97. The highest BCUT2D eigenvalue weighted by Crippen LogP contribution is 2.33. The fraction of sp³-hybridized carbons (Fsp3) is 0.250. The second-order valence-corrected chi connectivity index (χ2v) is 8.66. The minimum atomic E-state index is -0.307. The van der Waals surface area contributed by atoms with Gasteiger partial charge in [0.2, 0.25) is 0 Å². The van der Waals surface area contributed by atoms with Gasteiger partial charge in [0, 0.05) is 31.1 Å². The largest absolute Gasteiger partial charge is 0.380 e. The predicted octanol–water partition coefficient (Wildman–Crippen LogP) is 5.74. The lowest BCUT2D eigenvalue weighted by Gasteiger charge is -2.18. The van der Waals surface area contributed by atoms with E-state index in [9.17, 15) is 4.39 Å². The zero-order valence-electron chi connectivity index (χ0n) is 15.1. The first-order valence-corrected chi connectivity index (χ1v) is 11.1. The van der Waals surface area contributed by atoms with Gasteiger partial charge in [0.05, 0.1) is 21.1 Å². The summed E-state index contributed by atoms with van der Waals surface area (Å²) < 4.78 is 17.5. The van der Waals surface area contributed by atoms with Crippen LogP contribution in [0.4, 0.5) is 15.9 Å². The fourth-order valence-electron chi connectivity index (χ4n) is 3.24. The Morgan fingerprint density at radius 3 is 2.93 bits per heavy atom. The molecule has 4 rings (SSSR count). The van der Waals surface area contributed by atoms with Crippen molar-refractivity contribution in [1.82, 2.24) is 9.88 Å². The molecule has 146 valence electrons. The molecular weight excluding hydrogens is 415 g/mol. The maximum Gasteiger partial charge on any atom is 0.147 e. The van der Waals surface area contributed by atoms with Crippen LogP contribution in [0.1, 0.15) is 12.0 Å². The third kappa shape index (κ3) is 4.97. The number of rotatable bonds is 7. The molecule has 0 amide bonds. The number of anilines is 2. The number of aromatic nitrogens is 1. The Kier molecular flexibility index (Phi) is 6.36. The van der Waals surface area contributed by atoms with Crippen molar-refractivity contribution in [1.29, 1.82) is 0 Å². The predicted molar refractivity (Wildman–Crippen MR) is 117 cm³/mol. The van der Waals surface area contributed by atoms with Gasteiger partial charge in [-0.1, -0.05) is 41.9 Å². The monoisotopic (exact) mass is 434 g/mol. The summed E-state index contributed by atoms with van der Waals surface area (Å²) in [5.74, 6) is 0.399. The summed E-state index contributed by atoms with van der Waals surface area (Å²) in [6, 6.07) is 13.8. The summed E-state index contributed by atoms with van der Waals surface area (Å²) in [5, 5.41) is 5.79. The average molecular weight is 435 g/mol. The number of nitrogens with one attached hydrogen (secondary N) is 2. The Hall–Kier alpha value is -1.80. The highest BCUT2D eigenvalue weighted by molar-refractivity contribution is 8.00. The molecule has 2 heterocycles. The molecular formula is C20H20ClFN4S2. The van der Waals surface area contributed by atoms with E-state index in [1.54, 1.807) is 11.6 Å². The second kappa shape index (κ2) is 9.13. The second-order valence-electron chi connectivity index (χ2n) is 6.69. The maximum absolute atomic E-state index is 14.5. The molecule has 2 N–H and O–H groups in total. The van der Waals surface area contributed by atoms with Gasteiger partial charge >= 0.3 is 0 Å². The molecule has 1 saturated heterocycles. The summed E-state index contributed by atoms with van der Waals surface area (Å²) in [5.41, 5.74) is 3.67. The highest BCUT2D eigenvalue weighted by Gasteiger charge is 2.23.